The van der Waals surface area contributed by atoms with Gasteiger partial charge in [0.25, 0.3) is 0 Å². The number of carbonyl (C=O) groups is 2. The minimum Gasteiger partial charge on any atom is -0.482 e. The summed E-state index contributed by atoms with van der Waals surface area (Å²) in [5.74, 6) is 3.14. The molecule has 3 N–H and O–H groups in total. The Kier molecular flexibility index (Phi) is 8.92. The molecule has 1 heterocycles. The number of amides is 2. The van der Waals surface area contributed by atoms with Crippen molar-refractivity contribution in [1.82, 2.24) is 10.2 Å². The molecule has 224 valence electrons. The molecule has 2 saturated carbocycles. The fourth-order valence-electron chi connectivity index (χ4n) is 7.06. The minimum absolute atomic E-state index is 0.0284. The monoisotopic (exact) mass is 688 g/mol. The van der Waals surface area contributed by atoms with Crippen molar-refractivity contribution in [3.8, 4) is 17.2 Å². The number of fused-ring (bicyclic) bond motifs is 3. The third kappa shape index (κ3) is 6.26. The zero-order chi connectivity index (χ0) is 29.2. The van der Waals surface area contributed by atoms with E-state index in [0.717, 1.165) is 15.6 Å². The van der Waals surface area contributed by atoms with Gasteiger partial charge in [0.2, 0.25) is 18.6 Å². The minimum atomic E-state index is -1.08. The van der Waals surface area contributed by atoms with E-state index in [4.69, 9.17) is 14.2 Å². The highest BCUT2D eigenvalue weighted by Crippen LogP contribution is 2.50. The average molecular weight is 689 g/mol. The van der Waals surface area contributed by atoms with Crippen molar-refractivity contribution in [2.24, 2.45) is 17.8 Å². The van der Waals surface area contributed by atoms with Gasteiger partial charge in [0.05, 0.1) is 16.2 Å². The molecule has 4 aliphatic rings. The lowest BCUT2D eigenvalue weighted by Gasteiger charge is -2.41. The van der Waals surface area contributed by atoms with Crippen molar-refractivity contribution < 1.29 is 34.0 Å². The first-order valence-corrected chi connectivity index (χ1v) is 15.8. The van der Waals surface area contributed by atoms with Gasteiger partial charge in [-0.05, 0) is 95.5 Å². The summed E-state index contributed by atoms with van der Waals surface area (Å²) in [4.78, 5) is 29.1. The summed E-state index contributed by atoms with van der Waals surface area (Å²) in [6, 6.07) is 12.4. The van der Waals surface area contributed by atoms with Crippen molar-refractivity contribution in [1.29, 1.82) is 0 Å². The first kappa shape index (κ1) is 29.3. The SMILES string of the molecule is O=C(NCCO)C1=CC(Oc2ccccc2I)C(O)C(N(Cc2ccc3c(c2)OCO3)C(=O)CC2CC3CCC2C3)C1. The Hall–Kier alpha value is -2.83. The van der Waals surface area contributed by atoms with E-state index in [0.29, 0.717) is 47.0 Å². The Balaban J connectivity index is 1.31. The number of aliphatic hydroxyl groups is 2. The molecule has 6 unspecified atom stereocenters. The van der Waals surface area contributed by atoms with Crippen LogP contribution in [0.25, 0.3) is 0 Å². The first-order chi connectivity index (χ1) is 20.4. The van der Waals surface area contributed by atoms with Gasteiger partial charge in [-0.1, -0.05) is 24.6 Å². The quantitative estimate of drug-likeness (QED) is 0.326. The van der Waals surface area contributed by atoms with Gasteiger partial charge < -0.3 is 34.6 Å². The molecule has 2 bridgehead atoms. The molecule has 2 aromatic rings. The van der Waals surface area contributed by atoms with Gasteiger partial charge in [-0.25, -0.2) is 0 Å². The van der Waals surface area contributed by atoms with E-state index in [-0.39, 0.29) is 44.7 Å². The van der Waals surface area contributed by atoms with Crippen LogP contribution in [0.3, 0.4) is 0 Å². The topological polar surface area (TPSA) is 118 Å². The summed E-state index contributed by atoms with van der Waals surface area (Å²) in [5, 5.41) is 23.8. The summed E-state index contributed by atoms with van der Waals surface area (Å²) in [7, 11) is 0. The normalized spacial score (nSPS) is 27.5. The van der Waals surface area contributed by atoms with E-state index < -0.39 is 18.2 Å². The summed E-state index contributed by atoms with van der Waals surface area (Å²) in [6.07, 6.45) is 5.02. The van der Waals surface area contributed by atoms with Crippen LogP contribution < -0.4 is 19.5 Å². The number of nitrogens with zero attached hydrogens (tertiary/aromatic N) is 1. The maximum atomic E-state index is 14.2. The van der Waals surface area contributed by atoms with Gasteiger partial charge in [0, 0.05) is 31.5 Å². The van der Waals surface area contributed by atoms with Crippen LogP contribution >= 0.6 is 22.6 Å². The number of nitrogens with one attached hydrogen (secondary N) is 1. The second kappa shape index (κ2) is 12.8. The Morgan fingerprint density at radius 2 is 1.93 bits per heavy atom. The van der Waals surface area contributed by atoms with Crippen molar-refractivity contribution in [2.45, 2.75) is 63.3 Å². The number of carbonyl (C=O) groups excluding carboxylic acids is 2. The van der Waals surface area contributed by atoms with Crippen LogP contribution in [-0.4, -0.2) is 65.1 Å². The molecule has 2 aromatic carbocycles. The average Bonchev–Trinajstić information content (AvgIpc) is 3.74. The lowest BCUT2D eigenvalue weighted by Crippen LogP contribution is -2.55. The Labute approximate surface area is 259 Å². The van der Waals surface area contributed by atoms with E-state index in [2.05, 4.69) is 27.9 Å². The fraction of sp³-hybridized carbons (Fsp3) is 0.500. The Morgan fingerprint density at radius 3 is 2.69 bits per heavy atom. The maximum absolute atomic E-state index is 14.2. The van der Waals surface area contributed by atoms with Gasteiger partial charge >= 0.3 is 0 Å². The van der Waals surface area contributed by atoms with Crippen molar-refractivity contribution in [3.05, 3.63) is 63.2 Å². The molecule has 6 rings (SSSR count). The zero-order valence-corrected chi connectivity index (χ0v) is 25.6. The smallest absolute Gasteiger partial charge is 0.247 e. The van der Waals surface area contributed by atoms with Gasteiger partial charge in [-0.3, -0.25) is 9.59 Å². The lowest BCUT2D eigenvalue weighted by atomic mass is 9.84. The molecule has 0 spiro atoms. The molecule has 1 aliphatic heterocycles. The molecule has 10 heteroatoms. The van der Waals surface area contributed by atoms with Gasteiger partial charge in [-0.15, -0.1) is 0 Å². The number of ether oxygens (including phenoxy) is 3. The second-order valence-electron chi connectivity index (χ2n) is 11.8. The Bertz CT molecular complexity index is 1350. The summed E-state index contributed by atoms with van der Waals surface area (Å²) in [6.45, 7) is 0.321. The number of rotatable bonds is 10. The fourth-order valence-corrected chi connectivity index (χ4v) is 7.58. The van der Waals surface area contributed by atoms with E-state index in [1.54, 1.807) is 11.0 Å². The van der Waals surface area contributed by atoms with Gasteiger partial charge in [0.1, 0.15) is 18.0 Å². The molecular formula is C32H37IN2O7. The third-order valence-electron chi connectivity index (χ3n) is 9.15. The van der Waals surface area contributed by atoms with Crippen LogP contribution in [-0.2, 0) is 16.1 Å². The van der Waals surface area contributed by atoms with Crippen LogP contribution in [0, 0.1) is 21.3 Å². The predicted octanol–water partition coefficient (Wildman–Crippen LogP) is 3.79. The Morgan fingerprint density at radius 1 is 1.10 bits per heavy atom. The zero-order valence-electron chi connectivity index (χ0n) is 23.4. The highest BCUT2D eigenvalue weighted by atomic mass is 127. The van der Waals surface area contributed by atoms with E-state index in [1.165, 1.54) is 19.3 Å². The van der Waals surface area contributed by atoms with Crippen molar-refractivity contribution in [2.75, 3.05) is 19.9 Å². The third-order valence-corrected chi connectivity index (χ3v) is 10.0. The van der Waals surface area contributed by atoms with Crippen molar-refractivity contribution in [3.63, 3.8) is 0 Å². The number of benzene rings is 2. The second-order valence-corrected chi connectivity index (χ2v) is 13.0. The number of hydrogen-bond donors (Lipinski definition) is 3. The number of hydrogen-bond acceptors (Lipinski definition) is 7. The van der Waals surface area contributed by atoms with Gasteiger partial charge in [-0.2, -0.15) is 0 Å². The number of para-hydroxylation sites is 1. The maximum Gasteiger partial charge on any atom is 0.247 e. The van der Waals surface area contributed by atoms with Gasteiger partial charge in [0.15, 0.2) is 11.5 Å². The molecule has 6 atom stereocenters. The molecule has 2 amide bonds. The highest BCUT2D eigenvalue weighted by molar-refractivity contribution is 14.1. The van der Waals surface area contributed by atoms with Crippen LogP contribution in [0.15, 0.2) is 54.1 Å². The standard InChI is InChI=1S/C32H37IN2O7/c33-24-3-1-2-4-26(24)42-29-15-23(32(39)34-9-10-36)14-25(31(29)38)35(17-20-6-8-27-28(13-20)41-18-40-27)30(37)16-22-12-19-5-7-21(22)11-19/h1-4,6,8,13,15,19,21-22,25,29,31,36,38H,5,7,9-12,14,16-18H2,(H,34,39). The lowest BCUT2D eigenvalue weighted by molar-refractivity contribution is -0.141. The summed E-state index contributed by atoms with van der Waals surface area (Å²) < 4.78 is 18.2. The molecule has 0 saturated heterocycles. The molecule has 2 fully saturated rings. The molecule has 3 aliphatic carbocycles. The van der Waals surface area contributed by atoms with Crippen LogP contribution in [0.4, 0.5) is 0 Å². The van der Waals surface area contributed by atoms with E-state index >= 15 is 0 Å². The summed E-state index contributed by atoms with van der Waals surface area (Å²) in [5.41, 5.74) is 1.27. The van der Waals surface area contributed by atoms with Crippen LogP contribution in [0.2, 0.25) is 0 Å². The molecule has 42 heavy (non-hydrogen) atoms. The molecule has 0 aromatic heterocycles. The summed E-state index contributed by atoms with van der Waals surface area (Å²) >= 11 is 2.17. The number of halogens is 1. The van der Waals surface area contributed by atoms with Crippen LogP contribution in [0.1, 0.15) is 44.1 Å². The molecule has 0 radical (unpaired) electrons. The number of aliphatic hydroxyl groups excluding tert-OH is 2. The molecular weight excluding hydrogens is 651 g/mol. The van der Waals surface area contributed by atoms with Crippen LogP contribution in [0.5, 0.6) is 17.2 Å². The van der Waals surface area contributed by atoms with E-state index in [9.17, 15) is 19.8 Å². The first-order valence-electron chi connectivity index (χ1n) is 14.8. The predicted molar refractivity (Wildman–Crippen MR) is 163 cm³/mol. The largest absolute Gasteiger partial charge is 0.482 e. The van der Waals surface area contributed by atoms with Crippen molar-refractivity contribution >= 4 is 34.4 Å². The van der Waals surface area contributed by atoms with E-state index in [1.807, 2.05) is 42.5 Å². The molecule has 9 nitrogen and oxygen atoms in total. The highest BCUT2D eigenvalue weighted by Gasteiger charge is 2.44.